The van der Waals surface area contributed by atoms with Crippen LogP contribution in [0.1, 0.15) is 18.0 Å². The number of rotatable bonds is 5. The summed E-state index contributed by atoms with van der Waals surface area (Å²) in [4.78, 5) is 14.2. The zero-order valence-corrected chi connectivity index (χ0v) is 9.51. The Labute approximate surface area is 91.0 Å². The number of nitrogens with one attached hydrogen (secondary N) is 1. The lowest BCUT2D eigenvalue weighted by Gasteiger charge is -2.09. The van der Waals surface area contributed by atoms with Gasteiger partial charge in [-0.1, -0.05) is 0 Å². The lowest BCUT2D eigenvalue weighted by atomic mass is 10.4. The van der Waals surface area contributed by atoms with Crippen LogP contribution in [0, 0.1) is 0 Å². The average molecular weight is 250 g/mol. The third-order valence-corrected chi connectivity index (χ3v) is 3.79. The first-order chi connectivity index (χ1) is 6.91. The molecule has 0 amide bonds. The van der Waals surface area contributed by atoms with E-state index in [2.05, 4.69) is 9.71 Å². The summed E-state index contributed by atoms with van der Waals surface area (Å²) >= 11 is 1.31. The molecule has 0 saturated heterocycles. The number of nitrogens with zero attached hydrogens (tertiary/aromatic N) is 1. The van der Waals surface area contributed by atoms with Crippen LogP contribution in [-0.4, -0.2) is 30.2 Å². The highest BCUT2D eigenvalue weighted by Crippen LogP contribution is 2.15. The summed E-state index contributed by atoms with van der Waals surface area (Å²) in [7, 11) is -3.79. The molecule has 6 nitrogen and oxygen atoms in total. The van der Waals surface area contributed by atoms with E-state index in [4.69, 9.17) is 5.11 Å². The summed E-state index contributed by atoms with van der Waals surface area (Å²) in [5.74, 6) is -2.31. The van der Waals surface area contributed by atoms with E-state index in [1.807, 2.05) is 0 Å². The lowest BCUT2D eigenvalue weighted by Crippen LogP contribution is -2.32. The SMILES string of the molecule is CC(NS(=O)(=O)CC(=O)O)c1nccs1. The molecule has 84 valence electrons. The van der Waals surface area contributed by atoms with E-state index in [1.54, 1.807) is 18.5 Å². The van der Waals surface area contributed by atoms with Gasteiger partial charge in [-0.3, -0.25) is 4.79 Å². The quantitative estimate of drug-likeness (QED) is 0.778. The Hall–Kier alpha value is -0.990. The second kappa shape index (κ2) is 4.69. The largest absolute Gasteiger partial charge is 0.480 e. The van der Waals surface area contributed by atoms with Crippen molar-refractivity contribution in [2.75, 3.05) is 5.75 Å². The summed E-state index contributed by atoms with van der Waals surface area (Å²) in [5, 5.41) is 10.7. The van der Waals surface area contributed by atoms with Crippen molar-refractivity contribution in [1.82, 2.24) is 9.71 Å². The third-order valence-electron chi connectivity index (χ3n) is 1.49. The predicted octanol–water partition coefficient (Wildman–Crippen LogP) is 0.208. The summed E-state index contributed by atoms with van der Waals surface area (Å²) in [6.45, 7) is 1.61. The van der Waals surface area contributed by atoms with Gasteiger partial charge in [-0.05, 0) is 6.92 Å². The van der Waals surface area contributed by atoms with Gasteiger partial charge in [-0.15, -0.1) is 11.3 Å². The van der Waals surface area contributed by atoms with Crippen LogP contribution in [0.25, 0.3) is 0 Å². The van der Waals surface area contributed by atoms with E-state index in [0.717, 1.165) is 0 Å². The van der Waals surface area contributed by atoms with E-state index in [1.165, 1.54) is 11.3 Å². The molecule has 1 heterocycles. The van der Waals surface area contributed by atoms with Gasteiger partial charge in [0.2, 0.25) is 10.0 Å². The van der Waals surface area contributed by atoms with Gasteiger partial charge in [0.25, 0.3) is 0 Å². The maximum atomic E-state index is 11.2. The van der Waals surface area contributed by atoms with Gasteiger partial charge in [0.15, 0.2) is 5.75 Å². The Morgan fingerprint density at radius 1 is 1.73 bits per heavy atom. The number of carboxylic acids is 1. The molecule has 1 atom stereocenters. The van der Waals surface area contributed by atoms with Crippen molar-refractivity contribution in [1.29, 1.82) is 0 Å². The predicted molar refractivity (Wildman–Crippen MR) is 55.1 cm³/mol. The highest BCUT2D eigenvalue weighted by atomic mass is 32.2. The molecule has 0 fully saturated rings. The van der Waals surface area contributed by atoms with Gasteiger partial charge in [-0.2, -0.15) is 0 Å². The van der Waals surface area contributed by atoms with Crippen LogP contribution < -0.4 is 4.72 Å². The molecule has 2 N–H and O–H groups in total. The first-order valence-electron chi connectivity index (χ1n) is 4.02. The van der Waals surface area contributed by atoms with E-state index < -0.39 is 27.8 Å². The lowest BCUT2D eigenvalue weighted by molar-refractivity contribution is -0.134. The van der Waals surface area contributed by atoms with Crippen LogP contribution in [0.4, 0.5) is 0 Å². The van der Waals surface area contributed by atoms with Crippen LogP contribution in [0.2, 0.25) is 0 Å². The number of carboxylic acid groups (broad SMARTS) is 1. The van der Waals surface area contributed by atoms with Gasteiger partial charge in [-0.25, -0.2) is 18.1 Å². The Morgan fingerprint density at radius 2 is 2.40 bits per heavy atom. The monoisotopic (exact) mass is 250 g/mol. The highest BCUT2D eigenvalue weighted by Gasteiger charge is 2.20. The van der Waals surface area contributed by atoms with Crippen LogP contribution in [0.5, 0.6) is 0 Å². The number of carbonyl (C=O) groups is 1. The van der Waals surface area contributed by atoms with Crippen molar-refractivity contribution >= 4 is 27.3 Å². The fourth-order valence-electron chi connectivity index (χ4n) is 0.972. The number of hydrogen-bond acceptors (Lipinski definition) is 5. The van der Waals surface area contributed by atoms with Gasteiger partial charge >= 0.3 is 5.97 Å². The first-order valence-corrected chi connectivity index (χ1v) is 6.55. The Bertz CT molecular complexity index is 426. The van der Waals surface area contributed by atoms with Crippen LogP contribution in [0.15, 0.2) is 11.6 Å². The standard InChI is InChI=1S/C7H10N2O4S2/c1-5(7-8-2-3-14-7)9-15(12,13)4-6(10)11/h2-3,5,9H,4H2,1H3,(H,10,11). The molecule has 0 aromatic carbocycles. The van der Waals surface area contributed by atoms with Crippen molar-refractivity contribution in [2.45, 2.75) is 13.0 Å². The Balaban J connectivity index is 2.66. The summed E-state index contributed by atoms with van der Waals surface area (Å²) in [6.07, 6.45) is 1.56. The van der Waals surface area contributed by atoms with Gasteiger partial charge in [0, 0.05) is 11.6 Å². The molecular formula is C7H10N2O4S2. The van der Waals surface area contributed by atoms with E-state index in [0.29, 0.717) is 5.01 Å². The molecule has 0 saturated carbocycles. The fourth-order valence-corrected chi connectivity index (χ4v) is 2.75. The number of thiazole rings is 1. The summed E-state index contributed by atoms with van der Waals surface area (Å²) in [6, 6.07) is -0.505. The molecule has 8 heteroatoms. The van der Waals surface area contributed by atoms with Crippen molar-refractivity contribution in [2.24, 2.45) is 0 Å². The van der Waals surface area contributed by atoms with Crippen molar-refractivity contribution < 1.29 is 18.3 Å². The Kier molecular flexibility index (Phi) is 3.77. The minimum Gasteiger partial charge on any atom is -0.480 e. The normalized spacial score (nSPS) is 13.7. The van der Waals surface area contributed by atoms with Gasteiger partial charge < -0.3 is 5.11 Å². The maximum Gasteiger partial charge on any atom is 0.320 e. The molecule has 1 rings (SSSR count). The molecule has 1 unspecified atom stereocenters. The zero-order valence-electron chi connectivity index (χ0n) is 7.87. The molecule has 0 aliphatic heterocycles. The van der Waals surface area contributed by atoms with E-state index in [9.17, 15) is 13.2 Å². The molecule has 1 aromatic rings. The molecular weight excluding hydrogens is 240 g/mol. The highest BCUT2D eigenvalue weighted by molar-refractivity contribution is 7.90. The second-order valence-electron chi connectivity index (χ2n) is 2.86. The average Bonchev–Trinajstić information content (AvgIpc) is 2.50. The molecule has 0 aliphatic rings. The van der Waals surface area contributed by atoms with Crippen molar-refractivity contribution in [3.63, 3.8) is 0 Å². The molecule has 0 bridgehead atoms. The minimum absolute atomic E-state index is 0.505. The maximum absolute atomic E-state index is 11.2. The van der Waals surface area contributed by atoms with Crippen molar-refractivity contribution in [3.05, 3.63) is 16.6 Å². The third kappa shape index (κ3) is 3.94. The van der Waals surface area contributed by atoms with Crippen LogP contribution >= 0.6 is 11.3 Å². The van der Waals surface area contributed by atoms with Crippen molar-refractivity contribution in [3.8, 4) is 0 Å². The molecule has 0 radical (unpaired) electrons. The van der Waals surface area contributed by atoms with E-state index in [-0.39, 0.29) is 0 Å². The second-order valence-corrected chi connectivity index (χ2v) is 5.54. The van der Waals surface area contributed by atoms with Gasteiger partial charge in [0.1, 0.15) is 5.01 Å². The molecule has 0 spiro atoms. The number of sulfonamides is 1. The topological polar surface area (TPSA) is 96.4 Å². The first kappa shape index (κ1) is 12.1. The number of aliphatic carboxylic acids is 1. The molecule has 0 aliphatic carbocycles. The van der Waals surface area contributed by atoms with Crippen LogP contribution in [-0.2, 0) is 14.8 Å². The fraction of sp³-hybridized carbons (Fsp3) is 0.429. The molecule has 15 heavy (non-hydrogen) atoms. The minimum atomic E-state index is -3.79. The Morgan fingerprint density at radius 3 is 2.87 bits per heavy atom. The number of aromatic nitrogens is 1. The van der Waals surface area contributed by atoms with Crippen LogP contribution in [0.3, 0.4) is 0 Å². The number of hydrogen-bond donors (Lipinski definition) is 2. The van der Waals surface area contributed by atoms with E-state index >= 15 is 0 Å². The molecule has 1 aromatic heterocycles. The summed E-state index contributed by atoms with van der Waals surface area (Å²) in [5.41, 5.74) is 0. The van der Waals surface area contributed by atoms with Gasteiger partial charge in [0.05, 0.1) is 6.04 Å². The summed E-state index contributed by atoms with van der Waals surface area (Å²) < 4.78 is 24.7. The smallest absolute Gasteiger partial charge is 0.320 e. The zero-order chi connectivity index (χ0) is 11.5.